The number of carbonyl (C=O) groups is 1. The van der Waals surface area contributed by atoms with E-state index in [1.807, 2.05) is 14.5 Å². The summed E-state index contributed by atoms with van der Waals surface area (Å²) in [4.78, 5) is 19.3. The van der Waals surface area contributed by atoms with Crippen molar-refractivity contribution in [2.75, 3.05) is 39.3 Å². The third-order valence-corrected chi connectivity index (χ3v) is 8.90. The minimum atomic E-state index is -4.42. The Labute approximate surface area is 226 Å². The van der Waals surface area contributed by atoms with E-state index >= 15 is 0 Å². The molecule has 0 spiro atoms. The van der Waals surface area contributed by atoms with Crippen LogP contribution in [0.1, 0.15) is 83.6 Å². The highest BCUT2D eigenvalue weighted by Gasteiger charge is 2.40. The summed E-state index contributed by atoms with van der Waals surface area (Å²) in [5, 5.41) is 25.3. The average Bonchev–Trinajstić information content (AvgIpc) is 3.30. The van der Waals surface area contributed by atoms with Crippen molar-refractivity contribution < 1.29 is 28.2 Å². The molecule has 4 heterocycles. The van der Waals surface area contributed by atoms with E-state index < -0.39 is 18.1 Å². The summed E-state index contributed by atoms with van der Waals surface area (Å²) in [6.45, 7) is 3.24. The van der Waals surface area contributed by atoms with Gasteiger partial charge in [0.2, 0.25) is 0 Å². The summed E-state index contributed by atoms with van der Waals surface area (Å²) < 4.78 is 42.8. The fraction of sp³-hybridized carbons (Fsp3) is 0.643. The minimum absolute atomic E-state index is 0.125. The molecule has 212 valence electrons. The van der Waals surface area contributed by atoms with Crippen molar-refractivity contribution >= 4 is 5.91 Å². The average molecular weight is 548 g/mol. The van der Waals surface area contributed by atoms with Gasteiger partial charge in [0.15, 0.2) is 6.35 Å². The number of β-amino-alcohol motifs (C(OH)–C–C–N with tert-alkyl or cyclic N) is 1. The van der Waals surface area contributed by atoms with Crippen LogP contribution in [0, 0.1) is 0 Å². The number of benzene rings is 1. The number of aliphatic hydroxyl groups is 2. The van der Waals surface area contributed by atoms with E-state index in [-0.39, 0.29) is 42.0 Å². The van der Waals surface area contributed by atoms with Gasteiger partial charge in [0.05, 0.1) is 35.2 Å². The van der Waals surface area contributed by atoms with Gasteiger partial charge in [0.1, 0.15) is 0 Å². The van der Waals surface area contributed by atoms with E-state index in [0.717, 1.165) is 37.4 Å². The van der Waals surface area contributed by atoms with Gasteiger partial charge in [-0.2, -0.15) is 18.3 Å². The van der Waals surface area contributed by atoms with Crippen molar-refractivity contribution in [1.82, 2.24) is 24.5 Å². The third kappa shape index (κ3) is 5.33. The molecule has 1 aliphatic carbocycles. The second-order valence-corrected chi connectivity index (χ2v) is 11.5. The number of alkyl halides is 3. The third-order valence-electron chi connectivity index (χ3n) is 8.90. The lowest BCUT2D eigenvalue weighted by atomic mass is 9.93. The molecule has 1 amide bonds. The van der Waals surface area contributed by atoms with Crippen LogP contribution in [0.15, 0.2) is 30.5 Å². The number of carbonyl (C=O) groups excluding carboxylic acids is 1. The number of nitrogens with zero attached hydrogens (tertiary/aromatic N) is 5. The fourth-order valence-electron chi connectivity index (χ4n) is 6.64. The van der Waals surface area contributed by atoms with Crippen molar-refractivity contribution in [3.63, 3.8) is 0 Å². The number of hydrogen-bond acceptors (Lipinski definition) is 6. The van der Waals surface area contributed by atoms with Crippen LogP contribution in [0.25, 0.3) is 0 Å². The monoisotopic (exact) mass is 547 g/mol. The van der Waals surface area contributed by atoms with Crippen molar-refractivity contribution in [3.05, 3.63) is 52.8 Å². The van der Waals surface area contributed by atoms with Gasteiger partial charge in [-0.3, -0.25) is 19.3 Å². The first-order valence-electron chi connectivity index (χ1n) is 14.1. The lowest BCUT2D eigenvalue weighted by molar-refractivity contribution is -0.138. The molecule has 39 heavy (non-hydrogen) atoms. The molecule has 3 atom stereocenters. The highest BCUT2D eigenvalue weighted by atomic mass is 19.4. The Morgan fingerprint density at radius 2 is 1.64 bits per heavy atom. The van der Waals surface area contributed by atoms with Crippen LogP contribution in [-0.2, 0) is 6.18 Å². The van der Waals surface area contributed by atoms with Crippen LogP contribution in [-0.4, -0.2) is 92.3 Å². The maximum Gasteiger partial charge on any atom is 0.416 e. The van der Waals surface area contributed by atoms with E-state index in [9.17, 15) is 28.2 Å². The summed E-state index contributed by atoms with van der Waals surface area (Å²) in [7, 11) is 0. The minimum Gasteiger partial charge on any atom is -0.392 e. The highest BCUT2D eigenvalue weighted by molar-refractivity contribution is 5.95. The van der Waals surface area contributed by atoms with Gasteiger partial charge >= 0.3 is 6.18 Å². The summed E-state index contributed by atoms with van der Waals surface area (Å²) in [6, 6.07) is 5.81. The number of halogens is 3. The van der Waals surface area contributed by atoms with Gasteiger partial charge in [-0.1, -0.05) is 18.2 Å². The molecule has 11 heteroatoms. The van der Waals surface area contributed by atoms with Crippen molar-refractivity contribution in [2.45, 2.75) is 75.0 Å². The Bertz CT molecular complexity index is 1190. The molecule has 1 aromatic heterocycles. The van der Waals surface area contributed by atoms with Crippen molar-refractivity contribution in [3.8, 4) is 0 Å². The Kier molecular flexibility index (Phi) is 7.20. The Balaban J connectivity index is 1.14. The molecule has 3 aliphatic heterocycles. The lowest BCUT2D eigenvalue weighted by Gasteiger charge is -2.38. The first kappa shape index (κ1) is 26.7. The van der Waals surface area contributed by atoms with Crippen LogP contribution >= 0.6 is 0 Å². The highest BCUT2D eigenvalue weighted by Crippen LogP contribution is 2.44. The predicted molar refractivity (Wildman–Crippen MR) is 137 cm³/mol. The topological polar surface area (TPSA) is 85.1 Å². The standard InChI is InChI=1S/C28H36F3N5O3/c29-28(30,31)24-4-2-1-3-22(24)19-7-11-34(16-19)26(38)23-15-32-36(25(23)18-5-6-18)20-8-12-33(13-9-20)27(39)35-14-10-21(37)17-35/h1-4,15,18-21,27,37,39H,5-14,16-17H2/t19-,21-,27?/m1/s1. The molecule has 2 aromatic rings. The number of piperidine rings is 1. The number of aliphatic hydroxyl groups excluding tert-OH is 2. The molecule has 8 nitrogen and oxygen atoms in total. The molecule has 2 N–H and O–H groups in total. The first-order chi connectivity index (χ1) is 18.7. The fourth-order valence-corrected chi connectivity index (χ4v) is 6.64. The van der Waals surface area contributed by atoms with Crippen molar-refractivity contribution in [1.29, 1.82) is 0 Å². The van der Waals surface area contributed by atoms with Gasteiger partial charge in [-0.15, -0.1) is 0 Å². The normalized spacial score (nSPS) is 26.4. The molecule has 0 radical (unpaired) electrons. The van der Waals surface area contributed by atoms with Gasteiger partial charge in [0.25, 0.3) is 5.91 Å². The second kappa shape index (κ2) is 10.5. The Morgan fingerprint density at radius 1 is 0.923 bits per heavy atom. The van der Waals surface area contributed by atoms with Crippen LogP contribution < -0.4 is 0 Å². The van der Waals surface area contributed by atoms with Crippen LogP contribution in [0.2, 0.25) is 0 Å². The summed E-state index contributed by atoms with van der Waals surface area (Å²) >= 11 is 0. The van der Waals surface area contributed by atoms with Crippen molar-refractivity contribution in [2.24, 2.45) is 0 Å². The van der Waals surface area contributed by atoms with E-state index in [1.54, 1.807) is 17.2 Å². The van der Waals surface area contributed by atoms with Gasteiger partial charge < -0.3 is 15.1 Å². The molecule has 4 fully saturated rings. The Morgan fingerprint density at radius 3 is 2.31 bits per heavy atom. The quantitative estimate of drug-likeness (QED) is 0.577. The number of likely N-dealkylation sites (tertiary alicyclic amines) is 3. The summed E-state index contributed by atoms with van der Waals surface area (Å²) in [5.41, 5.74) is 1.18. The molecular formula is C28H36F3N5O3. The summed E-state index contributed by atoms with van der Waals surface area (Å²) in [6.07, 6.45) is 0.913. The van der Waals surface area contributed by atoms with Crippen LogP contribution in [0.3, 0.4) is 0 Å². The zero-order valence-electron chi connectivity index (χ0n) is 21.9. The smallest absolute Gasteiger partial charge is 0.392 e. The SMILES string of the molecule is O=C(c1cnn(C2CCN(C(O)N3CC[C@@H](O)C3)CC2)c1C1CC1)N1CC[C@@H](c2ccccc2C(F)(F)F)C1. The second-order valence-electron chi connectivity index (χ2n) is 11.5. The van der Waals surface area contributed by atoms with E-state index in [2.05, 4.69) is 5.10 Å². The molecule has 1 saturated carbocycles. The zero-order chi connectivity index (χ0) is 27.3. The molecule has 1 aromatic carbocycles. The van der Waals surface area contributed by atoms with E-state index in [4.69, 9.17) is 0 Å². The number of aromatic nitrogens is 2. The summed E-state index contributed by atoms with van der Waals surface area (Å²) in [5.74, 6) is -0.209. The molecule has 4 aliphatic rings. The van der Waals surface area contributed by atoms with Crippen LogP contribution in [0.4, 0.5) is 13.2 Å². The molecule has 0 bridgehead atoms. The van der Waals surface area contributed by atoms with Gasteiger partial charge in [-0.25, -0.2) is 0 Å². The largest absolute Gasteiger partial charge is 0.416 e. The number of amides is 1. The first-order valence-corrected chi connectivity index (χ1v) is 14.1. The lowest BCUT2D eigenvalue weighted by Crippen LogP contribution is -2.50. The predicted octanol–water partition coefficient (Wildman–Crippen LogP) is 3.39. The molecule has 6 rings (SSSR count). The van der Waals surface area contributed by atoms with Gasteiger partial charge in [-0.05, 0) is 50.2 Å². The maximum absolute atomic E-state index is 13.7. The zero-order valence-corrected chi connectivity index (χ0v) is 21.9. The maximum atomic E-state index is 13.7. The molecule has 3 saturated heterocycles. The molecule has 1 unspecified atom stereocenters. The van der Waals surface area contributed by atoms with E-state index in [1.165, 1.54) is 12.1 Å². The van der Waals surface area contributed by atoms with Gasteiger partial charge in [0, 0.05) is 51.1 Å². The van der Waals surface area contributed by atoms with E-state index in [0.29, 0.717) is 51.1 Å². The Hall–Kier alpha value is -2.47. The number of rotatable bonds is 6. The number of hydrogen-bond donors (Lipinski definition) is 2. The molecular weight excluding hydrogens is 511 g/mol. The van der Waals surface area contributed by atoms with Crippen LogP contribution in [0.5, 0.6) is 0 Å².